The van der Waals surface area contributed by atoms with Crippen LogP contribution in [0.5, 0.6) is 0 Å². The Balaban J connectivity index is 1.70. The molecule has 1 fully saturated rings. The summed E-state index contributed by atoms with van der Waals surface area (Å²) in [5.74, 6) is -0.801. The molecule has 6 rings (SSSR count). The summed E-state index contributed by atoms with van der Waals surface area (Å²) >= 11 is 0. The van der Waals surface area contributed by atoms with Crippen molar-refractivity contribution in [2.45, 2.75) is 32.0 Å². The van der Waals surface area contributed by atoms with Crippen LogP contribution in [0.3, 0.4) is 0 Å². The highest BCUT2D eigenvalue weighted by Gasteiger charge is 2.77. The van der Waals surface area contributed by atoms with Crippen molar-refractivity contribution >= 4 is 17.3 Å². The van der Waals surface area contributed by atoms with E-state index in [-0.39, 0.29) is 5.97 Å². The van der Waals surface area contributed by atoms with Crippen molar-refractivity contribution in [2.24, 2.45) is 11.0 Å². The second-order valence-electron chi connectivity index (χ2n) is 10.3. The van der Waals surface area contributed by atoms with Crippen LogP contribution in [-0.2, 0) is 20.7 Å². The molecule has 2 aliphatic heterocycles. The Morgan fingerprint density at radius 1 is 0.872 bits per heavy atom. The molecule has 3 atom stereocenters. The molecule has 196 valence electrons. The van der Waals surface area contributed by atoms with Gasteiger partial charge in [-0.3, -0.25) is 4.79 Å². The molecule has 0 aliphatic carbocycles. The summed E-state index contributed by atoms with van der Waals surface area (Å²) < 4.78 is 5.76. The smallest absolute Gasteiger partial charge is 0.313 e. The van der Waals surface area contributed by atoms with E-state index in [4.69, 9.17) is 9.85 Å². The number of azo groups is 1. The maximum Gasteiger partial charge on any atom is 0.313 e. The third kappa shape index (κ3) is 3.82. The molecule has 0 amide bonds. The summed E-state index contributed by atoms with van der Waals surface area (Å²) in [5, 5.41) is 5.51. The van der Waals surface area contributed by atoms with Crippen molar-refractivity contribution in [3.05, 3.63) is 131 Å². The number of nitrogens with one attached hydrogen (secondary N) is 1. The maximum atomic E-state index is 13.9. The number of carbonyl (C=O) groups excluding carboxylic acids is 1. The number of benzene rings is 4. The van der Waals surface area contributed by atoms with Gasteiger partial charge in [-0.2, -0.15) is 5.43 Å². The summed E-state index contributed by atoms with van der Waals surface area (Å²) in [6, 6.07) is 37.2. The van der Waals surface area contributed by atoms with Gasteiger partial charge in [-0.05, 0) is 38.5 Å². The number of hydrazine groups is 1. The molecule has 0 saturated carbocycles. The fraction of sp³-hybridized carbons (Fsp3) is 0.242. The summed E-state index contributed by atoms with van der Waals surface area (Å²) in [6.07, 6.45) is 0. The zero-order valence-corrected chi connectivity index (χ0v) is 22.5. The normalized spacial score (nSPS) is 23.6. The maximum absolute atomic E-state index is 13.9. The van der Waals surface area contributed by atoms with E-state index >= 15 is 0 Å². The van der Waals surface area contributed by atoms with Crippen molar-refractivity contribution in [1.82, 2.24) is 5.43 Å². The standard InChI is InChI=1S/C33H33N4O2/c1-4-39-31(38)30-23-36(28-19-15-24(2)16-20-28)33(27-13-9-6-10-14-27)32(30,26-11-7-5-8-12-26)34-37(35-33)29-21-17-25(3)18-22-29/h5-22,30H,4,23H2,1-3H3,(H,34,35)/q+1/t30-,32-,33+/m0/s1. The number of anilines is 1. The Hall–Kier alpha value is -4.45. The van der Waals surface area contributed by atoms with Crippen molar-refractivity contribution < 1.29 is 14.3 Å². The fourth-order valence-electron chi connectivity index (χ4n) is 6.13. The van der Waals surface area contributed by atoms with Gasteiger partial charge in [0.1, 0.15) is 5.92 Å². The molecule has 2 aliphatic rings. The minimum Gasteiger partial charge on any atom is -0.466 e. The molecule has 0 spiro atoms. The summed E-state index contributed by atoms with van der Waals surface area (Å²) in [5.41, 5.74) is 8.02. The lowest BCUT2D eigenvalue weighted by atomic mass is 9.70. The van der Waals surface area contributed by atoms with E-state index in [0.717, 1.165) is 22.5 Å². The first-order valence-electron chi connectivity index (χ1n) is 13.5. The number of fused-ring (bicyclic) bond motifs is 1. The molecule has 1 N–H and O–H groups in total. The van der Waals surface area contributed by atoms with Crippen molar-refractivity contribution in [3.8, 4) is 0 Å². The molecule has 39 heavy (non-hydrogen) atoms. The van der Waals surface area contributed by atoms with Gasteiger partial charge in [-0.25, -0.2) is 0 Å². The number of rotatable bonds is 6. The van der Waals surface area contributed by atoms with E-state index in [1.54, 1.807) is 0 Å². The molecule has 4 aromatic rings. The fourth-order valence-corrected chi connectivity index (χ4v) is 6.13. The van der Waals surface area contributed by atoms with Crippen molar-refractivity contribution in [2.75, 3.05) is 18.1 Å². The molecule has 0 aromatic heterocycles. The van der Waals surface area contributed by atoms with Gasteiger partial charge in [0.25, 0.3) is 11.4 Å². The average molecular weight is 518 g/mol. The molecule has 0 radical (unpaired) electrons. The first kappa shape index (κ1) is 24.9. The molecule has 6 nitrogen and oxygen atoms in total. The second-order valence-corrected chi connectivity index (χ2v) is 10.3. The molecule has 0 unspecified atom stereocenters. The summed E-state index contributed by atoms with van der Waals surface area (Å²) in [4.78, 5) is 18.0. The number of esters is 1. The van der Waals surface area contributed by atoms with E-state index < -0.39 is 17.1 Å². The van der Waals surface area contributed by atoms with Gasteiger partial charge >= 0.3 is 5.97 Å². The third-order valence-electron chi connectivity index (χ3n) is 7.96. The van der Waals surface area contributed by atoms with E-state index in [9.17, 15) is 4.79 Å². The first-order chi connectivity index (χ1) is 19.0. The Bertz CT molecular complexity index is 1500. The molecular formula is C33H33N4O2+. The van der Waals surface area contributed by atoms with Crippen LogP contribution in [0.1, 0.15) is 29.2 Å². The zero-order valence-electron chi connectivity index (χ0n) is 22.5. The van der Waals surface area contributed by atoms with Crippen molar-refractivity contribution in [3.63, 3.8) is 0 Å². The van der Waals surface area contributed by atoms with Crippen LogP contribution in [0.2, 0.25) is 0 Å². The van der Waals surface area contributed by atoms with Gasteiger partial charge < -0.3 is 9.64 Å². The lowest BCUT2D eigenvalue weighted by Gasteiger charge is -2.40. The van der Waals surface area contributed by atoms with Gasteiger partial charge in [-0.15, -0.1) is 0 Å². The Morgan fingerprint density at radius 2 is 1.44 bits per heavy atom. The van der Waals surface area contributed by atoms with Crippen LogP contribution in [0.25, 0.3) is 0 Å². The molecule has 0 bridgehead atoms. The van der Waals surface area contributed by atoms with Gasteiger partial charge in [0, 0.05) is 39.8 Å². The van der Waals surface area contributed by atoms with Crippen LogP contribution >= 0.6 is 0 Å². The SMILES string of the molecule is CCOC(=O)[C@@H]1CN(c2ccc(C)cc2)[C@@]2(c3ccccc3)N=[N+](c3ccc(C)cc3)N[C@@]12c1ccccc1. The predicted octanol–water partition coefficient (Wildman–Crippen LogP) is 6.37. The molecule has 1 saturated heterocycles. The summed E-state index contributed by atoms with van der Waals surface area (Å²) in [7, 11) is 0. The second kappa shape index (κ2) is 9.70. The number of hydrogen-bond acceptors (Lipinski definition) is 5. The number of carbonyl (C=O) groups is 1. The largest absolute Gasteiger partial charge is 0.466 e. The van der Waals surface area contributed by atoms with Crippen LogP contribution in [-0.4, -0.2) is 23.9 Å². The van der Waals surface area contributed by atoms with Gasteiger partial charge in [-0.1, -0.05) is 96.1 Å². The number of ether oxygens (including phenoxy) is 1. The molecular weight excluding hydrogens is 484 g/mol. The lowest BCUT2D eigenvalue weighted by Crippen LogP contribution is -2.59. The van der Waals surface area contributed by atoms with E-state index in [0.29, 0.717) is 13.2 Å². The average Bonchev–Trinajstić information content (AvgIpc) is 3.47. The Kier molecular flexibility index (Phi) is 6.18. The molecule has 4 aromatic carbocycles. The van der Waals surface area contributed by atoms with E-state index in [1.165, 1.54) is 11.1 Å². The minimum atomic E-state index is -0.993. The van der Waals surface area contributed by atoms with Crippen molar-refractivity contribution in [1.29, 1.82) is 0 Å². The van der Waals surface area contributed by atoms with Crippen LogP contribution < -0.4 is 10.3 Å². The third-order valence-corrected chi connectivity index (χ3v) is 7.96. The quantitative estimate of drug-likeness (QED) is 0.239. The van der Waals surface area contributed by atoms with Crippen LogP contribution in [0.15, 0.2) is 114 Å². The van der Waals surface area contributed by atoms with Gasteiger partial charge in [0.15, 0.2) is 5.54 Å². The first-order valence-corrected chi connectivity index (χ1v) is 13.5. The monoisotopic (exact) mass is 517 g/mol. The van der Waals surface area contributed by atoms with Crippen LogP contribution in [0.4, 0.5) is 11.4 Å². The molecule has 2 heterocycles. The van der Waals surface area contributed by atoms with E-state index in [2.05, 4.69) is 97.0 Å². The number of aryl methyl sites for hydroxylation is 2. The minimum absolute atomic E-state index is 0.246. The van der Waals surface area contributed by atoms with Crippen LogP contribution in [0, 0.1) is 19.8 Å². The van der Waals surface area contributed by atoms with Gasteiger partial charge in [0.2, 0.25) is 0 Å². The zero-order chi connectivity index (χ0) is 27.0. The van der Waals surface area contributed by atoms with Gasteiger partial charge in [0.05, 0.1) is 6.61 Å². The number of hydrogen-bond donors (Lipinski definition) is 1. The predicted molar refractivity (Wildman–Crippen MR) is 152 cm³/mol. The van der Waals surface area contributed by atoms with E-state index in [1.807, 2.05) is 48.1 Å². The Morgan fingerprint density at radius 3 is 2.03 bits per heavy atom. The highest BCUT2D eigenvalue weighted by atomic mass is 16.5. The highest BCUT2D eigenvalue weighted by Crippen LogP contribution is 2.60. The Labute approximate surface area is 229 Å². The molecule has 6 heteroatoms. The number of nitrogens with zero attached hydrogens (tertiary/aromatic N) is 3. The summed E-state index contributed by atoms with van der Waals surface area (Å²) in [6.45, 7) is 6.75. The highest BCUT2D eigenvalue weighted by molar-refractivity contribution is 5.79. The lowest BCUT2D eigenvalue weighted by molar-refractivity contribution is -0.570. The topological polar surface area (TPSA) is 56.9 Å².